The zero-order chi connectivity index (χ0) is 14.1. The van der Waals surface area contributed by atoms with Crippen LogP contribution >= 0.6 is 11.8 Å². The smallest absolute Gasteiger partial charge is 0.356 e. The molecule has 0 atom stereocenters. The number of aryl methyl sites for hydroxylation is 1. The summed E-state index contributed by atoms with van der Waals surface area (Å²) in [4.78, 5) is 20.7. The molecular formula is C13H14N4O2S. The Labute approximate surface area is 120 Å². The lowest BCUT2D eigenvalue weighted by atomic mass is 9.93. The molecule has 1 aliphatic rings. The fraction of sp³-hybridized carbons (Fsp3) is 0.385. The largest absolute Gasteiger partial charge is 0.461 e. The maximum Gasteiger partial charge on any atom is 0.356 e. The van der Waals surface area contributed by atoms with E-state index in [0.29, 0.717) is 17.5 Å². The second kappa shape index (κ2) is 5.24. The van der Waals surface area contributed by atoms with Crippen molar-refractivity contribution in [1.82, 2.24) is 20.2 Å². The molecule has 0 bridgehead atoms. The van der Waals surface area contributed by atoms with E-state index in [-0.39, 0.29) is 5.97 Å². The van der Waals surface area contributed by atoms with Crippen molar-refractivity contribution in [3.05, 3.63) is 23.0 Å². The van der Waals surface area contributed by atoms with Crippen molar-refractivity contribution in [2.75, 3.05) is 12.9 Å². The van der Waals surface area contributed by atoms with E-state index < -0.39 is 0 Å². The maximum absolute atomic E-state index is 11.9. The lowest BCUT2D eigenvalue weighted by molar-refractivity contribution is 0.0518. The average molecular weight is 290 g/mol. The molecule has 0 aliphatic heterocycles. The van der Waals surface area contributed by atoms with Gasteiger partial charge < -0.3 is 4.74 Å². The fourth-order valence-corrected chi connectivity index (χ4v) is 2.65. The Morgan fingerprint density at radius 1 is 1.45 bits per heavy atom. The summed E-state index contributed by atoms with van der Waals surface area (Å²) in [6.07, 6.45) is 5.33. The van der Waals surface area contributed by atoms with Crippen LogP contribution in [0.25, 0.3) is 11.4 Å². The first-order valence-corrected chi connectivity index (χ1v) is 7.61. The Bertz CT molecular complexity index is 668. The van der Waals surface area contributed by atoms with Gasteiger partial charge in [-0.3, -0.25) is 5.10 Å². The van der Waals surface area contributed by atoms with Crippen LogP contribution in [-0.4, -0.2) is 39.0 Å². The van der Waals surface area contributed by atoms with Crippen molar-refractivity contribution in [1.29, 1.82) is 0 Å². The Morgan fingerprint density at radius 3 is 3.05 bits per heavy atom. The molecule has 7 heteroatoms. The zero-order valence-electron chi connectivity index (χ0n) is 11.3. The number of H-pyrrole nitrogens is 1. The summed E-state index contributed by atoms with van der Waals surface area (Å²) in [5.41, 5.74) is 3.96. The summed E-state index contributed by atoms with van der Waals surface area (Å²) < 4.78 is 5.04. The second-order valence-corrected chi connectivity index (χ2v) is 5.15. The van der Waals surface area contributed by atoms with Crippen molar-refractivity contribution in [2.45, 2.75) is 24.9 Å². The summed E-state index contributed by atoms with van der Waals surface area (Å²) >= 11 is 1.49. The summed E-state index contributed by atoms with van der Waals surface area (Å²) in [6.45, 7) is 2.13. The molecule has 2 aromatic rings. The van der Waals surface area contributed by atoms with Crippen molar-refractivity contribution >= 4 is 17.7 Å². The molecular weight excluding hydrogens is 276 g/mol. The van der Waals surface area contributed by atoms with Gasteiger partial charge in [-0.1, -0.05) is 11.8 Å². The van der Waals surface area contributed by atoms with Crippen LogP contribution in [0.4, 0.5) is 0 Å². The molecule has 0 radical (unpaired) electrons. The van der Waals surface area contributed by atoms with Gasteiger partial charge in [-0.2, -0.15) is 5.10 Å². The number of rotatable bonds is 3. The minimum absolute atomic E-state index is 0.349. The Hall–Kier alpha value is -1.89. The monoisotopic (exact) mass is 290 g/mol. The van der Waals surface area contributed by atoms with Gasteiger partial charge >= 0.3 is 5.97 Å². The minimum atomic E-state index is -0.358. The molecule has 0 aromatic carbocycles. The number of nitrogens with zero attached hydrogens (tertiary/aromatic N) is 3. The van der Waals surface area contributed by atoms with Gasteiger partial charge in [0.2, 0.25) is 0 Å². The number of ether oxygens (including phenoxy) is 1. The number of carbonyl (C=O) groups is 1. The van der Waals surface area contributed by atoms with Crippen LogP contribution in [0.3, 0.4) is 0 Å². The number of hydrogen-bond donors (Lipinski definition) is 1. The number of hydrogen-bond acceptors (Lipinski definition) is 6. The lowest BCUT2D eigenvalue weighted by Crippen LogP contribution is -2.12. The number of thioether (sulfide) groups is 1. The van der Waals surface area contributed by atoms with Gasteiger partial charge in [0, 0.05) is 11.8 Å². The number of carbonyl (C=O) groups excluding carboxylic acids is 1. The number of esters is 1. The highest BCUT2D eigenvalue weighted by atomic mass is 32.2. The molecule has 1 aliphatic carbocycles. The van der Waals surface area contributed by atoms with Crippen molar-refractivity contribution in [3.8, 4) is 11.4 Å². The van der Waals surface area contributed by atoms with Gasteiger partial charge in [-0.25, -0.2) is 14.8 Å². The van der Waals surface area contributed by atoms with E-state index >= 15 is 0 Å². The average Bonchev–Trinajstić information content (AvgIpc) is 2.91. The topological polar surface area (TPSA) is 80.8 Å². The molecule has 20 heavy (non-hydrogen) atoms. The first-order chi connectivity index (χ1) is 9.74. The Balaban J connectivity index is 2.07. The van der Waals surface area contributed by atoms with Crippen molar-refractivity contribution in [2.24, 2.45) is 0 Å². The van der Waals surface area contributed by atoms with Gasteiger partial charge in [-0.05, 0) is 31.6 Å². The molecule has 0 amide bonds. The SMILES string of the molecule is CCOC(=O)c1[nH]nc2c1CCc1cnc(SC)nc1-2. The molecule has 104 valence electrons. The third kappa shape index (κ3) is 2.07. The van der Waals surface area contributed by atoms with E-state index in [1.54, 1.807) is 6.92 Å². The molecule has 0 saturated heterocycles. The fourth-order valence-electron chi connectivity index (χ4n) is 2.31. The van der Waals surface area contributed by atoms with Crippen LogP contribution < -0.4 is 0 Å². The summed E-state index contributed by atoms with van der Waals surface area (Å²) in [5, 5.41) is 7.74. The third-order valence-corrected chi connectivity index (χ3v) is 3.80. The van der Waals surface area contributed by atoms with E-state index in [9.17, 15) is 4.79 Å². The van der Waals surface area contributed by atoms with Gasteiger partial charge in [0.25, 0.3) is 0 Å². The second-order valence-electron chi connectivity index (χ2n) is 4.38. The molecule has 0 fully saturated rings. The van der Waals surface area contributed by atoms with Crippen LogP contribution in [0.5, 0.6) is 0 Å². The van der Waals surface area contributed by atoms with Gasteiger partial charge in [-0.15, -0.1) is 0 Å². The van der Waals surface area contributed by atoms with Crippen LogP contribution in [0, 0.1) is 0 Å². The van der Waals surface area contributed by atoms with Crippen LogP contribution in [0.1, 0.15) is 28.5 Å². The van der Waals surface area contributed by atoms with Crippen molar-refractivity contribution in [3.63, 3.8) is 0 Å². The third-order valence-electron chi connectivity index (χ3n) is 3.24. The highest BCUT2D eigenvalue weighted by Gasteiger charge is 2.27. The predicted molar refractivity (Wildman–Crippen MR) is 74.8 cm³/mol. The number of nitrogens with one attached hydrogen (secondary N) is 1. The van der Waals surface area contributed by atoms with Crippen LogP contribution in [0.15, 0.2) is 11.4 Å². The molecule has 3 rings (SSSR count). The van der Waals surface area contributed by atoms with Gasteiger partial charge in [0.1, 0.15) is 11.4 Å². The molecule has 0 unspecified atom stereocenters. The van der Waals surface area contributed by atoms with E-state index in [1.807, 2.05) is 12.5 Å². The number of aromatic nitrogens is 4. The zero-order valence-corrected chi connectivity index (χ0v) is 12.1. The minimum Gasteiger partial charge on any atom is -0.461 e. The van der Waals surface area contributed by atoms with Crippen LogP contribution in [-0.2, 0) is 17.6 Å². The molecule has 0 spiro atoms. The molecule has 2 heterocycles. The van der Waals surface area contributed by atoms with E-state index in [0.717, 1.165) is 35.4 Å². The van der Waals surface area contributed by atoms with Gasteiger partial charge in [0.05, 0.1) is 12.3 Å². The quantitative estimate of drug-likeness (QED) is 0.528. The van der Waals surface area contributed by atoms with E-state index in [4.69, 9.17) is 4.74 Å². The van der Waals surface area contributed by atoms with E-state index in [2.05, 4.69) is 20.2 Å². The molecule has 6 nitrogen and oxygen atoms in total. The Morgan fingerprint density at radius 2 is 2.30 bits per heavy atom. The molecule has 0 saturated carbocycles. The summed E-state index contributed by atoms with van der Waals surface area (Å²) in [5.74, 6) is -0.358. The van der Waals surface area contributed by atoms with Crippen molar-refractivity contribution < 1.29 is 9.53 Å². The van der Waals surface area contributed by atoms with E-state index in [1.165, 1.54) is 11.8 Å². The normalized spacial score (nSPS) is 12.7. The highest BCUT2D eigenvalue weighted by molar-refractivity contribution is 7.98. The highest BCUT2D eigenvalue weighted by Crippen LogP contribution is 2.32. The molecule has 2 aromatic heterocycles. The number of fused-ring (bicyclic) bond motifs is 3. The first kappa shape index (κ1) is 13.1. The Kier molecular flexibility index (Phi) is 3.43. The molecule has 1 N–H and O–H groups in total. The summed E-state index contributed by atoms with van der Waals surface area (Å²) in [6, 6.07) is 0. The van der Waals surface area contributed by atoms with Gasteiger partial charge in [0.15, 0.2) is 5.16 Å². The summed E-state index contributed by atoms with van der Waals surface area (Å²) in [7, 11) is 0. The van der Waals surface area contributed by atoms with Crippen LogP contribution in [0.2, 0.25) is 0 Å². The number of aromatic amines is 1. The lowest BCUT2D eigenvalue weighted by Gasteiger charge is -2.14. The standard InChI is InChI=1S/C13H14N4O2S/c1-3-19-12(18)11-8-5-4-7-6-14-13(20-2)15-9(7)10(8)16-17-11/h6H,3-5H2,1-2H3,(H,16,17). The maximum atomic E-state index is 11.9. The predicted octanol–water partition coefficient (Wildman–Crippen LogP) is 1.86. The first-order valence-electron chi connectivity index (χ1n) is 6.39.